The molecule has 0 aromatic rings. The molecule has 6 nitrogen and oxygen atoms in total. The van der Waals surface area contributed by atoms with E-state index in [2.05, 4.69) is 9.47 Å². The van der Waals surface area contributed by atoms with Gasteiger partial charge in [0.25, 0.3) is 12.9 Å². The second kappa shape index (κ2) is 10.5. The summed E-state index contributed by atoms with van der Waals surface area (Å²) in [6.07, 6.45) is 1.93. The number of amides is 1. The van der Waals surface area contributed by atoms with Crippen LogP contribution < -0.4 is 0 Å². The van der Waals surface area contributed by atoms with Crippen molar-refractivity contribution >= 4 is 19.4 Å². The molecule has 0 radical (unpaired) electrons. The Balaban J connectivity index is 3.41. The summed E-state index contributed by atoms with van der Waals surface area (Å²) in [6.45, 7) is 2.42. The predicted octanol–water partition coefficient (Wildman–Crippen LogP) is -0.429. The van der Waals surface area contributed by atoms with Crippen LogP contribution in [0.2, 0.25) is 0 Å². The number of carbonyl (C=O) groups excluding carboxylic acids is 3. The molecule has 0 bridgehead atoms. The molecule has 0 spiro atoms. The molecule has 0 unspecified atom stereocenters. The highest BCUT2D eigenvalue weighted by atomic mass is 16.5. The summed E-state index contributed by atoms with van der Waals surface area (Å²) in [4.78, 5) is 31.7. The number of hydrogen-bond acceptors (Lipinski definition) is 5. The third-order valence-electron chi connectivity index (χ3n) is 1.70. The summed E-state index contributed by atoms with van der Waals surface area (Å²) in [5, 5.41) is 0. The summed E-state index contributed by atoms with van der Waals surface area (Å²) >= 11 is 0. The molecule has 0 aliphatic rings. The molecule has 0 heterocycles. The van der Waals surface area contributed by atoms with Crippen molar-refractivity contribution in [2.24, 2.45) is 0 Å². The standard InChI is InChI=1S/C9H15NO5/c11-7-10(3-1-5-14-8-12)4-2-6-15-9-13/h7-9H,1-6H2. The van der Waals surface area contributed by atoms with Gasteiger partial charge in [-0.1, -0.05) is 0 Å². The molecule has 0 N–H and O–H groups in total. The lowest BCUT2D eigenvalue weighted by atomic mass is 10.3. The van der Waals surface area contributed by atoms with Crippen molar-refractivity contribution in [3.63, 3.8) is 0 Å². The number of carbonyl (C=O) groups is 3. The van der Waals surface area contributed by atoms with Gasteiger partial charge in [-0.15, -0.1) is 0 Å². The molecule has 0 rings (SSSR count). The Morgan fingerprint density at radius 2 is 1.33 bits per heavy atom. The first kappa shape index (κ1) is 13.4. The van der Waals surface area contributed by atoms with Crippen LogP contribution in [0.15, 0.2) is 0 Å². The van der Waals surface area contributed by atoms with Crippen molar-refractivity contribution < 1.29 is 23.9 Å². The lowest BCUT2D eigenvalue weighted by molar-refractivity contribution is -0.129. The Bertz CT molecular complexity index is 169. The first-order chi connectivity index (χ1) is 7.35. The van der Waals surface area contributed by atoms with Gasteiger partial charge in [-0.05, 0) is 12.8 Å². The molecular formula is C9H15NO5. The zero-order chi connectivity index (χ0) is 11.4. The molecule has 0 atom stereocenters. The third kappa shape index (κ3) is 8.73. The molecule has 0 aliphatic heterocycles. The SMILES string of the molecule is O=COCCCN(C=O)CCCOC=O. The monoisotopic (exact) mass is 217 g/mol. The van der Waals surface area contributed by atoms with E-state index in [1.54, 1.807) is 4.90 Å². The van der Waals surface area contributed by atoms with Gasteiger partial charge in [0.1, 0.15) is 0 Å². The van der Waals surface area contributed by atoms with Crippen molar-refractivity contribution in [1.29, 1.82) is 0 Å². The number of ether oxygens (including phenoxy) is 2. The van der Waals surface area contributed by atoms with Crippen molar-refractivity contribution in [2.75, 3.05) is 26.3 Å². The molecule has 0 saturated heterocycles. The summed E-state index contributed by atoms with van der Waals surface area (Å²) in [5.74, 6) is 0. The zero-order valence-electron chi connectivity index (χ0n) is 8.46. The zero-order valence-corrected chi connectivity index (χ0v) is 8.46. The molecule has 0 fully saturated rings. The van der Waals surface area contributed by atoms with E-state index in [9.17, 15) is 14.4 Å². The Kier molecular flexibility index (Phi) is 9.38. The Labute approximate surface area is 88.1 Å². The van der Waals surface area contributed by atoms with E-state index in [1.165, 1.54) is 0 Å². The maximum absolute atomic E-state index is 10.5. The largest absolute Gasteiger partial charge is 0.468 e. The van der Waals surface area contributed by atoms with Gasteiger partial charge in [-0.25, -0.2) is 0 Å². The van der Waals surface area contributed by atoms with Crippen LogP contribution >= 0.6 is 0 Å². The van der Waals surface area contributed by atoms with E-state index in [-0.39, 0.29) is 0 Å². The first-order valence-corrected chi connectivity index (χ1v) is 4.65. The smallest absolute Gasteiger partial charge is 0.293 e. The normalized spacial score (nSPS) is 9.07. The lowest BCUT2D eigenvalue weighted by Gasteiger charge is -2.16. The summed E-state index contributed by atoms with van der Waals surface area (Å²) in [5.41, 5.74) is 0. The molecular weight excluding hydrogens is 202 g/mol. The van der Waals surface area contributed by atoms with Crippen molar-refractivity contribution in [2.45, 2.75) is 12.8 Å². The van der Waals surface area contributed by atoms with E-state index in [0.29, 0.717) is 52.1 Å². The minimum absolute atomic E-state index is 0.304. The minimum Gasteiger partial charge on any atom is -0.468 e. The minimum atomic E-state index is 0.304. The molecule has 0 aliphatic carbocycles. The fourth-order valence-corrected chi connectivity index (χ4v) is 1.02. The van der Waals surface area contributed by atoms with Crippen LogP contribution in [0.1, 0.15) is 12.8 Å². The molecule has 6 heteroatoms. The second-order valence-electron chi connectivity index (χ2n) is 2.78. The topological polar surface area (TPSA) is 72.9 Å². The van der Waals surface area contributed by atoms with Crippen LogP contribution in [0.25, 0.3) is 0 Å². The van der Waals surface area contributed by atoms with Crippen molar-refractivity contribution in [1.82, 2.24) is 4.90 Å². The van der Waals surface area contributed by atoms with Crippen molar-refractivity contribution in [3.8, 4) is 0 Å². The van der Waals surface area contributed by atoms with Crippen LogP contribution in [-0.2, 0) is 23.9 Å². The van der Waals surface area contributed by atoms with Gasteiger partial charge in [-0.3, -0.25) is 14.4 Å². The quantitative estimate of drug-likeness (QED) is 0.347. The number of hydrogen-bond donors (Lipinski definition) is 0. The molecule has 86 valence electrons. The van der Waals surface area contributed by atoms with Gasteiger partial charge in [0.05, 0.1) is 13.2 Å². The average Bonchev–Trinajstić information content (AvgIpc) is 2.27. The van der Waals surface area contributed by atoms with Gasteiger partial charge in [-0.2, -0.15) is 0 Å². The summed E-state index contributed by atoms with van der Waals surface area (Å²) in [7, 11) is 0. The van der Waals surface area contributed by atoms with E-state index in [0.717, 1.165) is 6.41 Å². The van der Waals surface area contributed by atoms with Crippen LogP contribution in [0.3, 0.4) is 0 Å². The highest BCUT2D eigenvalue weighted by molar-refractivity contribution is 5.46. The molecule has 15 heavy (non-hydrogen) atoms. The summed E-state index contributed by atoms with van der Waals surface area (Å²) < 4.78 is 8.95. The van der Waals surface area contributed by atoms with Gasteiger partial charge in [0, 0.05) is 13.1 Å². The van der Waals surface area contributed by atoms with E-state index >= 15 is 0 Å². The van der Waals surface area contributed by atoms with Gasteiger partial charge >= 0.3 is 0 Å². The maximum Gasteiger partial charge on any atom is 0.293 e. The first-order valence-electron chi connectivity index (χ1n) is 4.65. The van der Waals surface area contributed by atoms with E-state index in [4.69, 9.17) is 0 Å². The second-order valence-corrected chi connectivity index (χ2v) is 2.78. The van der Waals surface area contributed by atoms with Gasteiger partial charge < -0.3 is 14.4 Å². The third-order valence-corrected chi connectivity index (χ3v) is 1.70. The fourth-order valence-electron chi connectivity index (χ4n) is 1.02. The molecule has 0 aromatic heterocycles. The number of nitrogens with zero attached hydrogens (tertiary/aromatic N) is 1. The predicted molar refractivity (Wildman–Crippen MR) is 50.9 cm³/mol. The lowest BCUT2D eigenvalue weighted by Crippen LogP contribution is -2.26. The Hall–Kier alpha value is -1.59. The molecule has 1 amide bonds. The Morgan fingerprint density at radius 3 is 1.67 bits per heavy atom. The van der Waals surface area contributed by atoms with E-state index in [1.807, 2.05) is 0 Å². The highest BCUT2D eigenvalue weighted by Gasteiger charge is 2.00. The highest BCUT2D eigenvalue weighted by Crippen LogP contribution is 1.92. The maximum atomic E-state index is 10.5. The Morgan fingerprint density at radius 1 is 0.867 bits per heavy atom. The van der Waals surface area contributed by atoms with Crippen LogP contribution in [0.5, 0.6) is 0 Å². The van der Waals surface area contributed by atoms with Crippen LogP contribution in [-0.4, -0.2) is 50.6 Å². The molecule has 0 saturated carbocycles. The number of rotatable bonds is 11. The fraction of sp³-hybridized carbons (Fsp3) is 0.667. The van der Waals surface area contributed by atoms with Crippen LogP contribution in [0.4, 0.5) is 0 Å². The molecule has 0 aromatic carbocycles. The van der Waals surface area contributed by atoms with Gasteiger partial charge in [0.2, 0.25) is 6.41 Å². The van der Waals surface area contributed by atoms with E-state index < -0.39 is 0 Å². The van der Waals surface area contributed by atoms with Crippen molar-refractivity contribution in [3.05, 3.63) is 0 Å². The van der Waals surface area contributed by atoms with Gasteiger partial charge in [0.15, 0.2) is 0 Å². The van der Waals surface area contributed by atoms with Crippen LogP contribution in [0, 0.1) is 0 Å². The average molecular weight is 217 g/mol. The summed E-state index contributed by atoms with van der Waals surface area (Å²) in [6, 6.07) is 0.